The van der Waals surface area contributed by atoms with E-state index in [-0.39, 0.29) is 41.7 Å². The van der Waals surface area contributed by atoms with Crippen molar-refractivity contribution in [2.24, 2.45) is 11.7 Å². The molecule has 10 heteroatoms. The molecule has 0 spiro atoms. The van der Waals surface area contributed by atoms with Crippen molar-refractivity contribution in [1.29, 1.82) is 0 Å². The molecule has 9 nitrogen and oxygen atoms in total. The second-order valence-corrected chi connectivity index (χ2v) is 8.12. The summed E-state index contributed by atoms with van der Waals surface area (Å²) >= 11 is 0. The van der Waals surface area contributed by atoms with Crippen molar-refractivity contribution < 1.29 is 14.0 Å². The summed E-state index contributed by atoms with van der Waals surface area (Å²) in [6.07, 6.45) is 1.82. The Morgan fingerprint density at radius 1 is 1.12 bits per heavy atom. The number of piperidine rings is 1. The molecule has 0 bridgehead atoms. The van der Waals surface area contributed by atoms with Gasteiger partial charge in [-0.25, -0.2) is 19.2 Å². The monoisotopic (exact) mass is 440 g/mol. The summed E-state index contributed by atoms with van der Waals surface area (Å²) in [6.45, 7) is 5.23. The number of likely N-dealkylation sites (tertiary alicyclic amines) is 1. The Morgan fingerprint density at radius 3 is 2.38 bits per heavy atom. The van der Waals surface area contributed by atoms with Gasteiger partial charge in [0.1, 0.15) is 17.9 Å². The highest BCUT2D eigenvalue weighted by Gasteiger charge is 2.26. The van der Waals surface area contributed by atoms with Gasteiger partial charge in [-0.2, -0.15) is 0 Å². The first kappa shape index (κ1) is 21.7. The van der Waals surface area contributed by atoms with Crippen molar-refractivity contribution in [3.8, 4) is 11.4 Å². The van der Waals surface area contributed by atoms with E-state index in [9.17, 15) is 18.8 Å². The molecule has 2 aromatic heterocycles. The Labute approximate surface area is 183 Å². The van der Waals surface area contributed by atoms with E-state index in [0.717, 1.165) is 12.8 Å². The fourth-order valence-electron chi connectivity index (χ4n) is 4.04. The molecule has 168 valence electrons. The molecule has 4 rings (SSSR count). The number of aromatic nitrogens is 4. The Bertz CT molecular complexity index is 1240. The number of rotatable bonds is 5. The summed E-state index contributed by atoms with van der Waals surface area (Å²) in [5.74, 6) is -0.771. The first-order valence-corrected chi connectivity index (χ1v) is 10.6. The van der Waals surface area contributed by atoms with Crippen LogP contribution in [0.4, 0.5) is 4.39 Å². The van der Waals surface area contributed by atoms with E-state index in [1.54, 1.807) is 11.8 Å². The SMILES string of the molecule is CCn1c(=O)n(CC(=O)N2CCC(C)CC2)c2c(C(N)=O)nc(-c3ccc(F)cc3)nc21. The lowest BCUT2D eigenvalue weighted by Gasteiger charge is -2.30. The van der Waals surface area contributed by atoms with Gasteiger partial charge >= 0.3 is 5.69 Å². The molecular weight excluding hydrogens is 415 g/mol. The number of nitrogens with zero attached hydrogens (tertiary/aromatic N) is 5. The molecule has 0 aliphatic carbocycles. The van der Waals surface area contributed by atoms with Crippen molar-refractivity contribution in [2.45, 2.75) is 39.8 Å². The molecule has 3 aromatic rings. The fourth-order valence-corrected chi connectivity index (χ4v) is 4.04. The molecule has 0 atom stereocenters. The summed E-state index contributed by atoms with van der Waals surface area (Å²) < 4.78 is 15.9. The Balaban J connectivity index is 1.84. The van der Waals surface area contributed by atoms with Crippen molar-refractivity contribution in [3.63, 3.8) is 0 Å². The minimum atomic E-state index is -0.845. The van der Waals surface area contributed by atoms with Crippen LogP contribution in [-0.4, -0.2) is 48.9 Å². The molecule has 3 heterocycles. The van der Waals surface area contributed by atoms with E-state index in [1.165, 1.54) is 33.4 Å². The normalized spacial score (nSPS) is 14.8. The second kappa shape index (κ2) is 8.52. The molecule has 1 aliphatic heterocycles. The predicted octanol–water partition coefficient (Wildman–Crippen LogP) is 1.78. The first-order chi connectivity index (χ1) is 15.3. The zero-order chi connectivity index (χ0) is 23.0. The van der Waals surface area contributed by atoms with Gasteiger partial charge in [-0.1, -0.05) is 6.92 Å². The molecular formula is C22H25FN6O3. The number of fused-ring (bicyclic) bond motifs is 1. The van der Waals surface area contributed by atoms with Crippen LogP contribution in [0.1, 0.15) is 37.2 Å². The zero-order valence-corrected chi connectivity index (χ0v) is 18.0. The summed E-state index contributed by atoms with van der Waals surface area (Å²) in [7, 11) is 0. The average molecular weight is 440 g/mol. The lowest BCUT2D eigenvalue weighted by molar-refractivity contribution is -0.133. The minimum absolute atomic E-state index is 0.133. The quantitative estimate of drug-likeness (QED) is 0.649. The molecule has 2 amide bonds. The molecule has 0 unspecified atom stereocenters. The number of nitrogens with two attached hydrogens (primary N) is 1. The summed E-state index contributed by atoms with van der Waals surface area (Å²) in [5, 5.41) is 0. The number of imidazole rings is 1. The van der Waals surface area contributed by atoms with Crippen LogP contribution in [0.2, 0.25) is 0 Å². The van der Waals surface area contributed by atoms with E-state index < -0.39 is 17.4 Å². The van der Waals surface area contributed by atoms with Gasteiger partial charge in [0.15, 0.2) is 17.2 Å². The number of amides is 2. The van der Waals surface area contributed by atoms with E-state index in [4.69, 9.17) is 5.73 Å². The highest BCUT2D eigenvalue weighted by molar-refractivity contribution is 6.02. The van der Waals surface area contributed by atoms with Crippen LogP contribution in [0.15, 0.2) is 29.1 Å². The van der Waals surface area contributed by atoms with Gasteiger partial charge in [0.2, 0.25) is 5.91 Å². The van der Waals surface area contributed by atoms with Crippen molar-refractivity contribution in [1.82, 2.24) is 24.0 Å². The number of primary amides is 1. The molecule has 0 saturated carbocycles. The van der Waals surface area contributed by atoms with Crippen LogP contribution >= 0.6 is 0 Å². The van der Waals surface area contributed by atoms with Crippen LogP contribution in [0, 0.1) is 11.7 Å². The van der Waals surface area contributed by atoms with Crippen molar-refractivity contribution in [3.05, 3.63) is 46.3 Å². The molecule has 1 fully saturated rings. The minimum Gasteiger partial charge on any atom is -0.364 e. The third kappa shape index (κ3) is 3.88. The molecule has 1 saturated heterocycles. The second-order valence-electron chi connectivity index (χ2n) is 8.12. The largest absolute Gasteiger partial charge is 0.364 e. The van der Waals surface area contributed by atoms with Crippen LogP contribution in [0.5, 0.6) is 0 Å². The Hall–Kier alpha value is -3.56. The van der Waals surface area contributed by atoms with Gasteiger partial charge in [-0.05, 0) is 49.9 Å². The number of hydrogen-bond donors (Lipinski definition) is 1. The van der Waals surface area contributed by atoms with Gasteiger partial charge in [0.05, 0.1) is 0 Å². The number of halogens is 1. The van der Waals surface area contributed by atoms with E-state index in [1.807, 2.05) is 0 Å². The van der Waals surface area contributed by atoms with Gasteiger partial charge in [-0.15, -0.1) is 0 Å². The highest BCUT2D eigenvalue weighted by Crippen LogP contribution is 2.23. The van der Waals surface area contributed by atoms with Crippen LogP contribution in [0.25, 0.3) is 22.6 Å². The fraction of sp³-hybridized carbons (Fsp3) is 0.409. The predicted molar refractivity (Wildman–Crippen MR) is 116 cm³/mol. The summed E-state index contributed by atoms with van der Waals surface area (Å²) in [4.78, 5) is 48.9. The van der Waals surface area contributed by atoms with Gasteiger partial charge in [-0.3, -0.25) is 18.7 Å². The molecule has 2 N–H and O–H groups in total. The third-order valence-corrected chi connectivity index (χ3v) is 5.93. The molecule has 32 heavy (non-hydrogen) atoms. The van der Waals surface area contributed by atoms with Crippen molar-refractivity contribution >= 4 is 23.0 Å². The van der Waals surface area contributed by atoms with Gasteiger partial charge < -0.3 is 10.6 Å². The first-order valence-electron chi connectivity index (χ1n) is 10.6. The van der Waals surface area contributed by atoms with Gasteiger partial charge in [0.25, 0.3) is 5.91 Å². The van der Waals surface area contributed by atoms with Crippen LogP contribution in [0.3, 0.4) is 0 Å². The number of carbonyl (C=O) groups excluding carboxylic acids is 2. The molecule has 1 aliphatic rings. The maximum atomic E-state index is 13.3. The summed E-state index contributed by atoms with van der Waals surface area (Å²) in [6, 6.07) is 5.47. The zero-order valence-electron chi connectivity index (χ0n) is 18.0. The van der Waals surface area contributed by atoms with Gasteiger partial charge in [0, 0.05) is 25.2 Å². The van der Waals surface area contributed by atoms with E-state index in [0.29, 0.717) is 24.6 Å². The topological polar surface area (TPSA) is 116 Å². The van der Waals surface area contributed by atoms with E-state index in [2.05, 4.69) is 16.9 Å². The number of benzene rings is 1. The summed E-state index contributed by atoms with van der Waals surface area (Å²) in [5.41, 5.74) is 5.79. The van der Waals surface area contributed by atoms with Crippen molar-refractivity contribution in [2.75, 3.05) is 13.1 Å². The van der Waals surface area contributed by atoms with Crippen LogP contribution < -0.4 is 11.4 Å². The lowest BCUT2D eigenvalue weighted by Crippen LogP contribution is -2.41. The third-order valence-electron chi connectivity index (χ3n) is 5.93. The standard InChI is InChI=1S/C22H25FN6O3/c1-3-28-21-18(29(22(28)32)12-16(30)27-10-8-13(2)9-11-27)17(19(24)31)25-20(26-21)14-4-6-15(23)7-5-14/h4-7,13H,3,8-12H2,1-2H3,(H2,24,31). The van der Waals surface area contributed by atoms with E-state index >= 15 is 0 Å². The molecule has 1 aromatic carbocycles. The lowest BCUT2D eigenvalue weighted by atomic mass is 9.99. The molecule has 0 radical (unpaired) electrons. The average Bonchev–Trinajstić information content (AvgIpc) is 3.04. The van der Waals surface area contributed by atoms with Crippen LogP contribution in [-0.2, 0) is 17.9 Å². The Kier molecular flexibility index (Phi) is 5.77. The maximum absolute atomic E-state index is 13.3. The highest BCUT2D eigenvalue weighted by atomic mass is 19.1. The Morgan fingerprint density at radius 2 is 1.78 bits per heavy atom. The smallest absolute Gasteiger partial charge is 0.330 e. The maximum Gasteiger partial charge on any atom is 0.330 e. The number of aryl methyl sites for hydroxylation is 1. The number of carbonyl (C=O) groups is 2. The number of hydrogen-bond acceptors (Lipinski definition) is 5.